The van der Waals surface area contributed by atoms with Crippen molar-refractivity contribution >= 4 is 45.9 Å². The second-order valence-corrected chi connectivity index (χ2v) is 7.91. The van der Waals surface area contributed by atoms with Crippen molar-refractivity contribution in [3.05, 3.63) is 81.8 Å². The molecule has 0 saturated heterocycles. The molecule has 0 aliphatic rings. The third-order valence-electron chi connectivity index (χ3n) is 4.63. The van der Waals surface area contributed by atoms with Crippen molar-refractivity contribution in [3.63, 3.8) is 0 Å². The van der Waals surface area contributed by atoms with Crippen molar-refractivity contribution in [1.29, 1.82) is 0 Å². The summed E-state index contributed by atoms with van der Waals surface area (Å²) in [5.41, 5.74) is 1.16. The predicted molar refractivity (Wildman–Crippen MR) is 116 cm³/mol. The third-order valence-corrected chi connectivity index (χ3v) is 5.18. The zero-order valence-corrected chi connectivity index (χ0v) is 17.6. The van der Waals surface area contributed by atoms with Crippen LogP contribution in [0.5, 0.6) is 0 Å². The van der Waals surface area contributed by atoms with E-state index >= 15 is 0 Å². The summed E-state index contributed by atoms with van der Waals surface area (Å²) in [6.45, 7) is 3.81. The van der Waals surface area contributed by atoms with E-state index in [0.717, 1.165) is 16.3 Å². The first-order chi connectivity index (χ1) is 13.9. The summed E-state index contributed by atoms with van der Waals surface area (Å²) in [6, 6.07) is 17.5. The third kappa shape index (κ3) is 5.08. The highest BCUT2D eigenvalue weighted by Crippen LogP contribution is 2.22. The molecule has 4 nitrogen and oxygen atoms in total. The van der Waals surface area contributed by atoms with Crippen LogP contribution < -0.4 is 5.32 Å². The molecule has 1 amide bonds. The molecule has 3 aromatic rings. The Labute approximate surface area is 179 Å². The molecular formula is C23H21Cl2NO3. The van der Waals surface area contributed by atoms with Crippen LogP contribution in [0, 0.1) is 5.92 Å². The molecular weight excluding hydrogens is 409 g/mol. The van der Waals surface area contributed by atoms with Gasteiger partial charge in [-0.1, -0.05) is 79.5 Å². The number of fused-ring (bicyclic) bond motifs is 1. The number of hydrogen-bond donors (Lipinski definition) is 1. The summed E-state index contributed by atoms with van der Waals surface area (Å²) in [7, 11) is 0. The Hall–Kier alpha value is -2.56. The van der Waals surface area contributed by atoms with E-state index < -0.39 is 17.9 Å². The number of benzene rings is 3. The first kappa shape index (κ1) is 21.2. The van der Waals surface area contributed by atoms with Crippen LogP contribution in [0.3, 0.4) is 0 Å². The average molecular weight is 430 g/mol. The van der Waals surface area contributed by atoms with Gasteiger partial charge in [-0.15, -0.1) is 0 Å². The fourth-order valence-corrected chi connectivity index (χ4v) is 3.54. The Morgan fingerprint density at radius 1 is 1.00 bits per heavy atom. The van der Waals surface area contributed by atoms with E-state index in [1.54, 1.807) is 6.07 Å². The topological polar surface area (TPSA) is 55.4 Å². The van der Waals surface area contributed by atoms with Crippen LogP contribution >= 0.6 is 23.2 Å². The number of esters is 1. The summed E-state index contributed by atoms with van der Waals surface area (Å²) in [5.74, 6) is -1.11. The van der Waals surface area contributed by atoms with Crippen LogP contribution in [0.1, 0.15) is 29.8 Å². The Morgan fingerprint density at radius 3 is 2.45 bits per heavy atom. The largest absolute Gasteiger partial charge is 0.459 e. The zero-order valence-electron chi connectivity index (χ0n) is 16.1. The van der Waals surface area contributed by atoms with Crippen molar-refractivity contribution in [2.75, 3.05) is 0 Å². The van der Waals surface area contributed by atoms with E-state index in [1.807, 2.05) is 56.3 Å². The molecule has 0 aliphatic heterocycles. The van der Waals surface area contributed by atoms with Crippen LogP contribution in [0.25, 0.3) is 10.8 Å². The highest BCUT2D eigenvalue weighted by atomic mass is 35.5. The Kier molecular flexibility index (Phi) is 6.78. The van der Waals surface area contributed by atoms with Crippen LogP contribution in [0.15, 0.2) is 60.7 Å². The number of amides is 1. The lowest BCUT2D eigenvalue weighted by atomic mass is 10.0. The average Bonchev–Trinajstić information content (AvgIpc) is 2.69. The summed E-state index contributed by atoms with van der Waals surface area (Å²) in [4.78, 5) is 25.3. The van der Waals surface area contributed by atoms with Crippen molar-refractivity contribution in [3.8, 4) is 0 Å². The summed E-state index contributed by atoms with van der Waals surface area (Å²) in [5, 5.41) is 5.49. The number of ether oxygens (including phenoxy) is 1. The minimum absolute atomic E-state index is 0.126. The predicted octanol–water partition coefficient (Wildman–Crippen LogP) is 5.64. The number of carbonyl (C=O) groups excluding carboxylic acids is 2. The van der Waals surface area contributed by atoms with E-state index in [1.165, 1.54) is 12.1 Å². The van der Waals surface area contributed by atoms with Gasteiger partial charge in [-0.3, -0.25) is 4.79 Å². The molecule has 0 aliphatic carbocycles. The van der Waals surface area contributed by atoms with Crippen LogP contribution in [-0.2, 0) is 16.1 Å². The zero-order chi connectivity index (χ0) is 21.0. The molecule has 0 bridgehead atoms. The Balaban J connectivity index is 1.71. The lowest BCUT2D eigenvalue weighted by Gasteiger charge is -2.21. The molecule has 3 aromatic carbocycles. The molecule has 3 rings (SSSR count). The first-order valence-corrected chi connectivity index (χ1v) is 10.0. The maximum absolute atomic E-state index is 12.7. The quantitative estimate of drug-likeness (QED) is 0.515. The molecule has 0 heterocycles. The number of rotatable bonds is 6. The molecule has 0 spiro atoms. The molecule has 150 valence electrons. The molecule has 1 N–H and O–H groups in total. The highest BCUT2D eigenvalue weighted by molar-refractivity contribution is 6.36. The van der Waals surface area contributed by atoms with E-state index in [2.05, 4.69) is 5.32 Å². The fraction of sp³-hybridized carbons (Fsp3) is 0.217. The van der Waals surface area contributed by atoms with Gasteiger partial charge < -0.3 is 10.1 Å². The highest BCUT2D eigenvalue weighted by Gasteiger charge is 2.27. The SMILES string of the molecule is CC(C)[C@H](NC(=O)c1ccc(Cl)cc1Cl)C(=O)OCc1cccc2ccccc12. The smallest absolute Gasteiger partial charge is 0.329 e. The summed E-state index contributed by atoms with van der Waals surface area (Å²) in [6.07, 6.45) is 0. The minimum Gasteiger partial charge on any atom is -0.459 e. The number of hydrogen-bond acceptors (Lipinski definition) is 3. The summed E-state index contributed by atoms with van der Waals surface area (Å²) >= 11 is 12.0. The van der Waals surface area contributed by atoms with Gasteiger partial charge in [0.05, 0.1) is 10.6 Å². The molecule has 1 atom stereocenters. The van der Waals surface area contributed by atoms with Gasteiger partial charge in [0.1, 0.15) is 12.6 Å². The van der Waals surface area contributed by atoms with Gasteiger partial charge in [0.2, 0.25) is 0 Å². The lowest BCUT2D eigenvalue weighted by Crippen LogP contribution is -2.45. The van der Waals surface area contributed by atoms with Crippen molar-refractivity contribution in [1.82, 2.24) is 5.32 Å². The van der Waals surface area contributed by atoms with Crippen molar-refractivity contribution < 1.29 is 14.3 Å². The number of halogens is 2. The molecule has 0 radical (unpaired) electrons. The molecule has 0 fully saturated rings. The second kappa shape index (κ2) is 9.29. The van der Waals surface area contributed by atoms with E-state index in [9.17, 15) is 9.59 Å². The van der Waals surface area contributed by atoms with Gasteiger partial charge in [-0.25, -0.2) is 4.79 Å². The van der Waals surface area contributed by atoms with Crippen LogP contribution in [-0.4, -0.2) is 17.9 Å². The Bertz CT molecular complexity index is 1040. The molecule has 0 aromatic heterocycles. The molecule has 29 heavy (non-hydrogen) atoms. The normalized spacial score (nSPS) is 12.0. The second-order valence-electron chi connectivity index (χ2n) is 7.07. The van der Waals surface area contributed by atoms with Gasteiger partial charge in [0.25, 0.3) is 5.91 Å². The van der Waals surface area contributed by atoms with Gasteiger partial charge >= 0.3 is 5.97 Å². The standard InChI is InChI=1S/C23H21Cl2NO3/c1-14(2)21(26-22(27)19-11-10-17(24)12-20(19)25)23(28)29-13-16-8-5-7-15-6-3-4-9-18(15)16/h3-12,14,21H,13H2,1-2H3,(H,26,27)/t21-/m0/s1. The monoisotopic (exact) mass is 429 g/mol. The molecule has 0 saturated carbocycles. The van der Waals surface area contributed by atoms with Gasteiger partial charge in [0.15, 0.2) is 0 Å². The lowest BCUT2D eigenvalue weighted by molar-refractivity contribution is -0.148. The summed E-state index contributed by atoms with van der Waals surface area (Å²) < 4.78 is 5.54. The van der Waals surface area contributed by atoms with E-state index in [4.69, 9.17) is 27.9 Å². The van der Waals surface area contributed by atoms with Gasteiger partial charge in [-0.2, -0.15) is 0 Å². The van der Waals surface area contributed by atoms with Crippen molar-refractivity contribution in [2.24, 2.45) is 5.92 Å². The Morgan fingerprint density at radius 2 is 1.72 bits per heavy atom. The van der Waals surface area contributed by atoms with Gasteiger partial charge in [-0.05, 0) is 40.5 Å². The number of nitrogens with one attached hydrogen (secondary N) is 1. The minimum atomic E-state index is -0.802. The molecule has 6 heteroatoms. The maximum Gasteiger partial charge on any atom is 0.329 e. The van der Waals surface area contributed by atoms with Gasteiger partial charge in [0, 0.05) is 5.02 Å². The molecule has 0 unspecified atom stereocenters. The first-order valence-electron chi connectivity index (χ1n) is 9.26. The van der Waals surface area contributed by atoms with Crippen LogP contribution in [0.4, 0.5) is 0 Å². The number of carbonyl (C=O) groups is 2. The van der Waals surface area contributed by atoms with Crippen molar-refractivity contribution in [2.45, 2.75) is 26.5 Å². The van der Waals surface area contributed by atoms with E-state index in [-0.39, 0.29) is 23.1 Å². The van der Waals surface area contributed by atoms with Crippen LogP contribution in [0.2, 0.25) is 10.0 Å². The van der Waals surface area contributed by atoms with E-state index in [0.29, 0.717) is 5.02 Å². The fourth-order valence-electron chi connectivity index (χ4n) is 3.05. The maximum atomic E-state index is 12.7.